The van der Waals surface area contributed by atoms with Crippen LogP contribution in [-0.4, -0.2) is 9.97 Å². The molecule has 0 radical (unpaired) electrons. The molecule has 312 valence electrons. The quantitative estimate of drug-likeness (QED) is 0.118. The second kappa shape index (κ2) is 16.2. The highest BCUT2D eigenvalue weighted by Crippen LogP contribution is 2.47. The summed E-state index contributed by atoms with van der Waals surface area (Å²) in [7, 11) is 0. The molecule has 0 saturated carbocycles. The van der Waals surface area contributed by atoms with Crippen molar-refractivity contribution in [2.45, 2.75) is 0 Å². The Balaban J connectivity index is 0.888. The molecule has 0 bridgehead atoms. The SMILES string of the molecule is c1ccc(-c2nc(-c3ccc4cc(-c5ccc(-c6c7ccccc7c(-c7ccccc7)c7ccc8ccccc8c67)cc5)ccc4c3)cc(-c3ccccc3-c3cc4ccccc4s3)n2)cc1. The Bertz CT molecular complexity index is 3990. The zero-order valence-electron chi connectivity index (χ0n) is 36.4. The van der Waals surface area contributed by atoms with Crippen LogP contribution in [0.1, 0.15) is 0 Å². The fraction of sp³-hybridized carbons (Fsp3) is 0. The molecule has 0 atom stereocenters. The van der Waals surface area contributed by atoms with Gasteiger partial charge in [0, 0.05) is 31.8 Å². The molecule has 3 heteroatoms. The minimum atomic E-state index is 0.708. The first-order valence-electron chi connectivity index (χ1n) is 22.8. The zero-order chi connectivity index (χ0) is 44.3. The largest absolute Gasteiger partial charge is 0.228 e. The maximum atomic E-state index is 5.23. The summed E-state index contributed by atoms with van der Waals surface area (Å²) in [6.07, 6.45) is 0. The molecule has 0 spiro atoms. The molecular weight excluding hydrogens is 829 g/mol. The summed E-state index contributed by atoms with van der Waals surface area (Å²) in [5, 5.41) is 11.2. The van der Waals surface area contributed by atoms with E-state index in [1.807, 2.05) is 29.5 Å². The second-order valence-electron chi connectivity index (χ2n) is 17.2. The van der Waals surface area contributed by atoms with Gasteiger partial charge in [0.05, 0.1) is 11.4 Å². The van der Waals surface area contributed by atoms with Gasteiger partial charge in [0.1, 0.15) is 0 Å². The average molecular weight is 869 g/mol. The monoisotopic (exact) mass is 868 g/mol. The lowest BCUT2D eigenvalue weighted by atomic mass is 9.84. The molecular formula is C64H40N2S. The number of thiophene rings is 1. The summed E-state index contributed by atoms with van der Waals surface area (Å²) in [4.78, 5) is 11.7. The Morgan fingerprint density at radius 1 is 0.284 bits per heavy atom. The van der Waals surface area contributed by atoms with E-state index in [0.29, 0.717) is 5.82 Å². The van der Waals surface area contributed by atoms with Crippen molar-refractivity contribution in [3.63, 3.8) is 0 Å². The molecule has 13 aromatic rings. The van der Waals surface area contributed by atoms with Gasteiger partial charge in [-0.2, -0.15) is 0 Å². The first-order chi connectivity index (χ1) is 33.2. The molecule has 0 saturated heterocycles. The molecule has 67 heavy (non-hydrogen) atoms. The number of benzene rings is 11. The Labute approximate surface area is 392 Å². The molecule has 2 aromatic heterocycles. The molecule has 0 aliphatic rings. The number of rotatable bonds is 7. The lowest BCUT2D eigenvalue weighted by Crippen LogP contribution is -1.96. The highest BCUT2D eigenvalue weighted by Gasteiger charge is 2.20. The molecule has 13 rings (SSSR count). The first-order valence-corrected chi connectivity index (χ1v) is 23.6. The molecule has 0 N–H and O–H groups in total. The van der Waals surface area contributed by atoms with E-state index >= 15 is 0 Å². The van der Waals surface area contributed by atoms with Crippen LogP contribution in [0, 0.1) is 0 Å². The summed E-state index contributed by atoms with van der Waals surface area (Å²) in [6, 6.07) is 87.8. The molecule has 0 aliphatic carbocycles. The topological polar surface area (TPSA) is 25.8 Å². The molecule has 0 unspecified atom stereocenters. The molecule has 0 aliphatic heterocycles. The molecule has 11 aromatic carbocycles. The third-order valence-electron chi connectivity index (χ3n) is 13.3. The van der Waals surface area contributed by atoms with Crippen LogP contribution in [0.25, 0.3) is 131 Å². The van der Waals surface area contributed by atoms with Gasteiger partial charge in [0.25, 0.3) is 0 Å². The Morgan fingerprint density at radius 2 is 0.821 bits per heavy atom. The van der Waals surface area contributed by atoms with Crippen LogP contribution in [0.3, 0.4) is 0 Å². The van der Waals surface area contributed by atoms with Crippen molar-refractivity contribution in [3.8, 4) is 77.7 Å². The van der Waals surface area contributed by atoms with Gasteiger partial charge in [-0.05, 0) is 112 Å². The highest BCUT2D eigenvalue weighted by atomic mass is 32.1. The van der Waals surface area contributed by atoms with Crippen molar-refractivity contribution in [1.29, 1.82) is 0 Å². The minimum absolute atomic E-state index is 0.708. The van der Waals surface area contributed by atoms with E-state index < -0.39 is 0 Å². The maximum absolute atomic E-state index is 5.23. The van der Waals surface area contributed by atoms with E-state index in [-0.39, 0.29) is 0 Å². The summed E-state index contributed by atoms with van der Waals surface area (Å²) in [5.41, 5.74) is 13.4. The van der Waals surface area contributed by atoms with Crippen LogP contribution in [0.2, 0.25) is 0 Å². The lowest BCUT2D eigenvalue weighted by molar-refractivity contribution is 1.18. The Hall–Kier alpha value is -8.50. The van der Waals surface area contributed by atoms with E-state index in [1.165, 1.54) is 91.6 Å². The third kappa shape index (κ3) is 6.88. The summed E-state index contributed by atoms with van der Waals surface area (Å²) in [6.45, 7) is 0. The van der Waals surface area contributed by atoms with Crippen LogP contribution in [0.5, 0.6) is 0 Å². The smallest absolute Gasteiger partial charge is 0.160 e. The fourth-order valence-corrected chi connectivity index (χ4v) is 11.2. The number of aromatic nitrogens is 2. The van der Waals surface area contributed by atoms with Gasteiger partial charge in [0.15, 0.2) is 5.82 Å². The maximum Gasteiger partial charge on any atom is 0.160 e. The number of hydrogen-bond acceptors (Lipinski definition) is 3. The van der Waals surface area contributed by atoms with Crippen molar-refractivity contribution < 1.29 is 0 Å². The van der Waals surface area contributed by atoms with Crippen molar-refractivity contribution in [3.05, 3.63) is 243 Å². The van der Waals surface area contributed by atoms with Gasteiger partial charge in [-0.25, -0.2) is 9.97 Å². The molecule has 2 heterocycles. The van der Waals surface area contributed by atoms with E-state index in [9.17, 15) is 0 Å². The van der Waals surface area contributed by atoms with E-state index in [2.05, 4.69) is 224 Å². The van der Waals surface area contributed by atoms with Crippen LogP contribution in [-0.2, 0) is 0 Å². The Morgan fingerprint density at radius 3 is 1.58 bits per heavy atom. The van der Waals surface area contributed by atoms with E-state index in [4.69, 9.17) is 9.97 Å². The number of nitrogens with zero attached hydrogens (tertiary/aromatic N) is 2. The predicted octanol–water partition coefficient (Wildman–Crippen LogP) is 18.0. The lowest BCUT2D eigenvalue weighted by Gasteiger charge is -2.19. The van der Waals surface area contributed by atoms with Gasteiger partial charge in [-0.15, -0.1) is 11.3 Å². The van der Waals surface area contributed by atoms with Gasteiger partial charge in [-0.3, -0.25) is 0 Å². The van der Waals surface area contributed by atoms with E-state index in [1.54, 1.807) is 0 Å². The Kier molecular flexibility index (Phi) is 9.40. The summed E-state index contributed by atoms with van der Waals surface area (Å²) in [5.74, 6) is 0.708. The fourth-order valence-electron chi connectivity index (χ4n) is 10.1. The third-order valence-corrected chi connectivity index (χ3v) is 14.4. The van der Waals surface area contributed by atoms with E-state index in [0.717, 1.165) is 33.5 Å². The molecule has 0 amide bonds. The minimum Gasteiger partial charge on any atom is -0.228 e. The van der Waals surface area contributed by atoms with Crippen LogP contribution < -0.4 is 0 Å². The summed E-state index contributed by atoms with van der Waals surface area (Å²) < 4.78 is 1.28. The molecule has 0 fully saturated rings. The van der Waals surface area contributed by atoms with Crippen LogP contribution in [0.4, 0.5) is 0 Å². The van der Waals surface area contributed by atoms with Gasteiger partial charge < -0.3 is 0 Å². The van der Waals surface area contributed by atoms with Crippen LogP contribution in [0.15, 0.2) is 243 Å². The highest BCUT2D eigenvalue weighted by molar-refractivity contribution is 7.22. The summed E-state index contributed by atoms with van der Waals surface area (Å²) >= 11 is 1.82. The normalized spacial score (nSPS) is 11.6. The van der Waals surface area contributed by atoms with Crippen molar-refractivity contribution in [2.24, 2.45) is 0 Å². The van der Waals surface area contributed by atoms with Crippen LogP contribution >= 0.6 is 11.3 Å². The average Bonchev–Trinajstić information content (AvgIpc) is 3.85. The number of fused-ring (bicyclic) bond motifs is 6. The predicted molar refractivity (Wildman–Crippen MR) is 285 cm³/mol. The van der Waals surface area contributed by atoms with Gasteiger partial charge in [-0.1, -0.05) is 212 Å². The van der Waals surface area contributed by atoms with Crippen molar-refractivity contribution >= 4 is 64.5 Å². The van der Waals surface area contributed by atoms with Crippen molar-refractivity contribution in [1.82, 2.24) is 9.97 Å². The first kappa shape index (κ1) is 38.9. The second-order valence-corrected chi connectivity index (χ2v) is 18.3. The number of hydrogen-bond donors (Lipinski definition) is 0. The van der Waals surface area contributed by atoms with Crippen molar-refractivity contribution in [2.75, 3.05) is 0 Å². The van der Waals surface area contributed by atoms with Gasteiger partial charge >= 0.3 is 0 Å². The molecule has 2 nitrogen and oxygen atoms in total. The standard InChI is InChI=1S/C64H40N2S/c1-3-16-43(17-4-1)61-54-24-12-13-25-55(54)62(63-51-21-9-7-15-42(51)35-36-56(61)63)44-29-27-41(28-30-44)46-31-32-48-38-49(34-33-47(48)37-46)57-40-58(66-64(65-57)45-18-5-2-6-19-45)52-22-10-11-23-53(52)60-39-50-20-8-14-26-59(50)67-60/h1-40H. The zero-order valence-corrected chi connectivity index (χ0v) is 37.2. The van der Waals surface area contributed by atoms with Gasteiger partial charge in [0.2, 0.25) is 0 Å².